The first-order chi connectivity index (χ1) is 5.49. The average Bonchev–Trinajstić information content (AvgIpc) is 2.29. The highest BCUT2D eigenvalue weighted by Gasteiger charge is 2.17. The summed E-state index contributed by atoms with van der Waals surface area (Å²) in [6.45, 7) is 8.39. The molecule has 0 aromatic carbocycles. The van der Waals surface area contributed by atoms with Crippen LogP contribution in [0.25, 0.3) is 0 Å². The van der Waals surface area contributed by atoms with E-state index in [2.05, 4.69) is 49.9 Å². The van der Waals surface area contributed by atoms with Crippen LogP contribution in [0.2, 0.25) is 0 Å². The molecule has 0 radical (unpaired) electrons. The quantitative estimate of drug-likeness (QED) is 0.538. The van der Waals surface area contributed by atoms with E-state index in [9.17, 15) is 0 Å². The van der Waals surface area contributed by atoms with Crippen molar-refractivity contribution in [3.8, 4) is 11.8 Å². The normalized spacial score (nSPS) is 25.2. The van der Waals surface area contributed by atoms with Crippen molar-refractivity contribution in [2.24, 2.45) is 5.41 Å². The average molecular weight is 166 g/mol. The van der Waals surface area contributed by atoms with Gasteiger partial charge in [0.15, 0.2) is 0 Å². The van der Waals surface area contributed by atoms with E-state index in [0.717, 1.165) is 13.2 Å². The molecular weight excluding hydrogens is 148 g/mol. The van der Waals surface area contributed by atoms with Gasteiger partial charge in [0.1, 0.15) is 0 Å². The van der Waals surface area contributed by atoms with Gasteiger partial charge in [0.25, 0.3) is 0 Å². The predicted molar refractivity (Wildman–Crippen MR) is 51.7 cm³/mol. The Morgan fingerprint density at radius 3 is 2.50 bits per heavy atom. The molecule has 1 saturated heterocycles. The summed E-state index contributed by atoms with van der Waals surface area (Å²) >= 11 is 0. The molecule has 1 atom stereocenters. The lowest BCUT2D eigenvalue weighted by atomic mass is 9.97. The van der Waals surface area contributed by atoms with Gasteiger partial charge in [0.2, 0.25) is 0 Å². The topological polar surface area (TPSA) is 15.3 Å². The third kappa shape index (κ3) is 2.84. The molecule has 0 aliphatic carbocycles. The van der Waals surface area contributed by atoms with Crippen LogP contribution >= 0.6 is 0 Å². The molecule has 2 heteroatoms. The summed E-state index contributed by atoms with van der Waals surface area (Å²) in [5.74, 6) is 6.55. The van der Waals surface area contributed by atoms with Crippen molar-refractivity contribution >= 4 is 0 Å². The summed E-state index contributed by atoms with van der Waals surface area (Å²) in [7, 11) is 2.10. The summed E-state index contributed by atoms with van der Waals surface area (Å²) in [5, 5.41) is 3.28. The van der Waals surface area contributed by atoms with Crippen LogP contribution in [0.3, 0.4) is 0 Å². The molecule has 68 valence electrons. The standard InChI is InChI=1S/C10H18N2/c1-10(2,3)6-5-9-7-11-8-12(9)4/h9,11H,7-8H2,1-4H3. The molecule has 1 fully saturated rings. The second-order valence-electron chi connectivity index (χ2n) is 4.40. The molecule has 1 aliphatic rings. The van der Waals surface area contributed by atoms with Gasteiger partial charge in [-0.15, -0.1) is 0 Å². The van der Waals surface area contributed by atoms with Gasteiger partial charge in [-0.05, 0) is 27.8 Å². The van der Waals surface area contributed by atoms with Crippen LogP contribution in [0.5, 0.6) is 0 Å². The molecule has 0 amide bonds. The third-order valence-electron chi connectivity index (χ3n) is 1.84. The molecule has 0 bridgehead atoms. The molecule has 2 nitrogen and oxygen atoms in total. The van der Waals surface area contributed by atoms with Gasteiger partial charge in [-0.3, -0.25) is 4.90 Å². The van der Waals surface area contributed by atoms with E-state index < -0.39 is 0 Å². The lowest BCUT2D eigenvalue weighted by Crippen LogP contribution is -2.25. The van der Waals surface area contributed by atoms with E-state index in [0.29, 0.717) is 6.04 Å². The first-order valence-corrected chi connectivity index (χ1v) is 4.43. The number of nitrogens with zero attached hydrogens (tertiary/aromatic N) is 1. The molecule has 0 spiro atoms. The highest BCUT2D eigenvalue weighted by Crippen LogP contribution is 2.10. The summed E-state index contributed by atoms with van der Waals surface area (Å²) in [4.78, 5) is 2.23. The molecule has 0 aromatic rings. The Bertz CT molecular complexity index is 204. The van der Waals surface area contributed by atoms with E-state index in [4.69, 9.17) is 0 Å². The van der Waals surface area contributed by atoms with Crippen molar-refractivity contribution in [3.63, 3.8) is 0 Å². The summed E-state index contributed by atoms with van der Waals surface area (Å²) < 4.78 is 0. The van der Waals surface area contributed by atoms with Crippen molar-refractivity contribution in [3.05, 3.63) is 0 Å². The second kappa shape index (κ2) is 3.47. The minimum Gasteiger partial charge on any atom is -0.302 e. The Hall–Kier alpha value is -0.520. The molecule has 12 heavy (non-hydrogen) atoms. The summed E-state index contributed by atoms with van der Waals surface area (Å²) in [6.07, 6.45) is 0. The smallest absolute Gasteiger partial charge is 0.0849 e. The van der Waals surface area contributed by atoms with Gasteiger partial charge in [0.05, 0.1) is 6.04 Å². The van der Waals surface area contributed by atoms with E-state index in [1.54, 1.807) is 0 Å². The number of nitrogens with one attached hydrogen (secondary N) is 1. The number of likely N-dealkylation sites (N-methyl/N-ethyl adjacent to an activating group) is 1. The van der Waals surface area contributed by atoms with Crippen molar-refractivity contribution in [2.45, 2.75) is 26.8 Å². The van der Waals surface area contributed by atoms with Crippen LogP contribution in [-0.2, 0) is 0 Å². The minimum atomic E-state index is 0.128. The van der Waals surface area contributed by atoms with Gasteiger partial charge in [-0.25, -0.2) is 0 Å². The van der Waals surface area contributed by atoms with Crippen molar-refractivity contribution < 1.29 is 0 Å². The Kier molecular flexibility index (Phi) is 2.76. The molecule has 1 N–H and O–H groups in total. The van der Waals surface area contributed by atoms with Crippen LogP contribution in [-0.4, -0.2) is 31.2 Å². The maximum absolute atomic E-state index is 3.28. The van der Waals surface area contributed by atoms with Crippen LogP contribution in [0.1, 0.15) is 20.8 Å². The number of rotatable bonds is 0. The maximum Gasteiger partial charge on any atom is 0.0849 e. The molecule has 1 unspecified atom stereocenters. The highest BCUT2D eigenvalue weighted by molar-refractivity contribution is 5.14. The van der Waals surface area contributed by atoms with Crippen LogP contribution < -0.4 is 5.32 Å². The predicted octanol–water partition coefficient (Wildman–Crippen LogP) is 0.897. The second-order valence-corrected chi connectivity index (χ2v) is 4.40. The zero-order valence-electron chi connectivity index (χ0n) is 8.44. The zero-order chi connectivity index (χ0) is 9.19. The van der Waals surface area contributed by atoms with Gasteiger partial charge in [-0.1, -0.05) is 11.8 Å². The van der Waals surface area contributed by atoms with Gasteiger partial charge in [0, 0.05) is 18.6 Å². The van der Waals surface area contributed by atoms with Crippen molar-refractivity contribution in [1.82, 2.24) is 10.2 Å². The first kappa shape index (κ1) is 9.57. The van der Waals surface area contributed by atoms with Crippen molar-refractivity contribution in [1.29, 1.82) is 0 Å². The molecule has 1 heterocycles. The first-order valence-electron chi connectivity index (χ1n) is 4.43. The fourth-order valence-electron chi connectivity index (χ4n) is 1.10. The monoisotopic (exact) mass is 166 g/mol. The SMILES string of the molecule is CN1CNCC1C#CC(C)(C)C. The van der Waals surface area contributed by atoms with E-state index in [-0.39, 0.29) is 5.41 Å². The van der Waals surface area contributed by atoms with Crippen LogP contribution in [0.15, 0.2) is 0 Å². The lowest BCUT2D eigenvalue weighted by molar-refractivity contribution is 0.365. The molecule has 1 aliphatic heterocycles. The van der Waals surface area contributed by atoms with Crippen LogP contribution in [0.4, 0.5) is 0 Å². The van der Waals surface area contributed by atoms with E-state index in [1.165, 1.54) is 0 Å². The zero-order valence-corrected chi connectivity index (χ0v) is 8.44. The fraction of sp³-hybridized carbons (Fsp3) is 0.800. The Morgan fingerprint density at radius 1 is 1.42 bits per heavy atom. The molecular formula is C10H18N2. The summed E-state index contributed by atoms with van der Waals surface area (Å²) in [6, 6.07) is 0.407. The largest absolute Gasteiger partial charge is 0.302 e. The Morgan fingerprint density at radius 2 is 2.08 bits per heavy atom. The minimum absolute atomic E-state index is 0.128. The number of hydrogen-bond donors (Lipinski definition) is 1. The molecule has 0 aromatic heterocycles. The maximum atomic E-state index is 3.28. The van der Waals surface area contributed by atoms with Crippen molar-refractivity contribution in [2.75, 3.05) is 20.3 Å². The number of hydrogen-bond acceptors (Lipinski definition) is 2. The van der Waals surface area contributed by atoms with Gasteiger partial charge >= 0.3 is 0 Å². The fourth-order valence-corrected chi connectivity index (χ4v) is 1.10. The Balaban J connectivity index is 2.53. The summed E-state index contributed by atoms with van der Waals surface area (Å²) in [5.41, 5.74) is 0.128. The van der Waals surface area contributed by atoms with E-state index >= 15 is 0 Å². The third-order valence-corrected chi connectivity index (χ3v) is 1.84. The lowest BCUT2D eigenvalue weighted by Gasteiger charge is -2.13. The van der Waals surface area contributed by atoms with Gasteiger partial charge < -0.3 is 5.32 Å². The van der Waals surface area contributed by atoms with Crippen LogP contribution in [0, 0.1) is 17.3 Å². The Labute approximate surface area is 75.3 Å². The van der Waals surface area contributed by atoms with Gasteiger partial charge in [-0.2, -0.15) is 0 Å². The molecule has 1 rings (SSSR count). The highest BCUT2D eigenvalue weighted by atomic mass is 15.3. The molecule has 0 saturated carbocycles. The van der Waals surface area contributed by atoms with E-state index in [1.807, 2.05) is 0 Å².